The SMILES string of the molecule is C[CH]C(C)OC[O]. The number of hydrogen-bond donors (Lipinski definition) is 0. The van der Waals surface area contributed by atoms with E-state index in [4.69, 9.17) is 0 Å². The standard InChI is InChI=1S/C5H10O2/c1-3-5(2)7-4-6/h3,5H,4H2,1-2H3. The predicted octanol–water partition coefficient (Wildman–Crippen LogP) is 1.00. The van der Waals surface area contributed by atoms with Crippen molar-refractivity contribution in [3.05, 3.63) is 6.42 Å². The van der Waals surface area contributed by atoms with Gasteiger partial charge in [-0.2, -0.15) is 0 Å². The third-order valence-electron chi connectivity index (χ3n) is 0.800. The molecule has 0 fully saturated rings. The predicted molar refractivity (Wildman–Crippen MR) is 26.1 cm³/mol. The summed E-state index contributed by atoms with van der Waals surface area (Å²) in [4.78, 5) is 0. The van der Waals surface area contributed by atoms with E-state index in [1.165, 1.54) is 0 Å². The van der Waals surface area contributed by atoms with Crippen molar-refractivity contribution < 1.29 is 9.84 Å². The second-order valence-electron chi connectivity index (χ2n) is 1.32. The van der Waals surface area contributed by atoms with Crippen molar-refractivity contribution in [3.63, 3.8) is 0 Å². The first-order valence-electron chi connectivity index (χ1n) is 2.30. The molecule has 0 saturated heterocycles. The molecule has 42 valence electrons. The van der Waals surface area contributed by atoms with Crippen LogP contribution in [0.15, 0.2) is 0 Å². The largest absolute Gasteiger partial charge is 0.349 e. The summed E-state index contributed by atoms with van der Waals surface area (Å²) in [6.07, 6.45) is 1.84. The summed E-state index contributed by atoms with van der Waals surface area (Å²) in [5.41, 5.74) is 0. The third kappa shape index (κ3) is 3.76. The van der Waals surface area contributed by atoms with E-state index in [0.717, 1.165) is 0 Å². The maximum absolute atomic E-state index is 9.66. The van der Waals surface area contributed by atoms with E-state index in [9.17, 15) is 5.11 Å². The van der Waals surface area contributed by atoms with Gasteiger partial charge < -0.3 is 4.74 Å². The molecule has 0 heterocycles. The molecule has 0 aromatic rings. The van der Waals surface area contributed by atoms with Gasteiger partial charge in [0.15, 0.2) is 6.79 Å². The van der Waals surface area contributed by atoms with Gasteiger partial charge in [-0.05, 0) is 13.3 Å². The van der Waals surface area contributed by atoms with Crippen molar-refractivity contribution in [1.29, 1.82) is 0 Å². The van der Waals surface area contributed by atoms with Crippen molar-refractivity contribution in [2.24, 2.45) is 0 Å². The lowest BCUT2D eigenvalue weighted by molar-refractivity contribution is -0.0668. The van der Waals surface area contributed by atoms with Gasteiger partial charge >= 0.3 is 0 Å². The molecule has 0 amide bonds. The highest BCUT2D eigenvalue weighted by Crippen LogP contribution is 1.91. The van der Waals surface area contributed by atoms with Gasteiger partial charge in [0.25, 0.3) is 0 Å². The van der Waals surface area contributed by atoms with E-state index in [-0.39, 0.29) is 6.10 Å². The Balaban J connectivity index is 2.83. The third-order valence-corrected chi connectivity index (χ3v) is 0.800. The lowest BCUT2D eigenvalue weighted by Crippen LogP contribution is -2.06. The summed E-state index contributed by atoms with van der Waals surface area (Å²) in [6, 6.07) is 0. The van der Waals surface area contributed by atoms with Gasteiger partial charge in [-0.3, -0.25) is 0 Å². The Kier molecular flexibility index (Phi) is 4.04. The molecule has 0 aliphatic carbocycles. The molecule has 0 rings (SSSR count). The van der Waals surface area contributed by atoms with Crippen LogP contribution in [0.2, 0.25) is 0 Å². The van der Waals surface area contributed by atoms with E-state index >= 15 is 0 Å². The maximum atomic E-state index is 9.66. The van der Waals surface area contributed by atoms with E-state index < -0.39 is 6.79 Å². The molecule has 0 aromatic carbocycles. The molecule has 2 heteroatoms. The second kappa shape index (κ2) is 4.09. The van der Waals surface area contributed by atoms with Crippen LogP contribution in [0, 0.1) is 6.42 Å². The van der Waals surface area contributed by atoms with Gasteiger partial charge in [0, 0.05) is 0 Å². The van der Waals surface area contributed by atoms with Crippen molar-refractivity contribution in [1.82, 2.24) is 0 Å². The molecule has 2 radical (unpaired) electrons. The number of rotatable bonds is 3. The van der Waals surface area contributed by atoms with Crippen LogP contribution in [0.4, 0.5) is 0 Å². The van der Waals surface area contributed by atoms with E-state index in [0.29, 0.717) is 0 Å². The second-order valence-corrected chi connectivity index (χ2v) is 1.32. The summed E-state index contributed by atoms with van der Waals surface area (Å²) in [5.74, 6) is 0. The minimum absolute atomic E-state index is 0.0116. The summed E-state index contributed by atoms with van der Waals surface area (Å²) in [5, 5.41) is 9.66. The zero-order valence-corrected chi connectivity index (χ0v) is 4.68. The van der Waals surface area contributed by atoms with Crippen LogP contribution in [0.1, 0.15) is 13.8 Å². The molecule has 0 aromatic heterocycles. The monoisotopic (exact) mass is 102 g/mol. The first-order chi connectivity index (χ1) is 3.31. The van der Waals surface area contributed by atoms with Gasteiger partial charge in [0.05, 0.1) is 6.10 Å². The van der Waals surface area contributed by atoms with E-state index in [1.54, 1.807) is 0 Å². The van der Waals surface area contributed by atoms with Crippen LogP contribution in [0.5, 0.6) is 0 Å². The van der Waals surface area contributed by atoms with Crippen LogP contribution in [0.25, 0.3) is 0 Å². The Morgan fingerprint density at radius 1 is 1.86 bits per heavy atom. The average molecular weight is 102 g/mol. The molecule has 0 aliphatic rings. The fourth-order valence-corrected chi connectivity index (χ4v) is 0.204. The molecule has 7 heavy (non-hydrogen) atoms. The smallest absolute Gasteiger partial charge is 0.181 e. The molecule has 2 nitrogen and oxygen atoms in total. The van der Waals surface area contributed by atoms with Gasteiger partial charge in [-0.15, -0.1) is 0 Å². The fraction of sp³-hybridized carbons (Fsp3) is 0.800. The van der Waals surface area contributed by atoms with E-state index in [2.05, 4.69) is 4.74 Å². The van der Waals surface area contributed by atoms with Gasteiger partial charge in [0.2, 0.25) is 0 Å². The number of hydrogen-bond acceptors (Lipinski definition) is 1. The normalized spacial score (nSPS) is 14.1. The van der Waals surface area contributed by atoms with Gasteiger partial charge in [0.1, 0.15) is 0 Å². The molecule has 0 aliphatic heterocycles. The van der Waals surface area contributed by atoms with Crippen LogP contribution in [-0.4, -0.2) is 12.9 Å². The Labute approximate surface area is 44.1 Å². The highest BCUT2D eigenvalue weighted by molar-refractivity contribution is 4.63. The Hall–Kier alpha value is -0.0800. The molecular formula is C5H10O2. The first-order valence-corrected chi connectivity index (χ1v) is 2.30. The maximum Gasteiger partial charge on any atom is 0.181 e. The minimum Gasteiger partial charge on any atom is -0.349 e. The lowest BCUT2D eigenvalue weighted by Gasteiger charge is -2.03. The zero-order chi connectivity index (χ0) is 5.70. The molecule has 0 bridgehead atoms. The summed E-state index contributed by atoms with van der Waals surface area (Å²) in [6.45, 7) is 3.25. The Morgan fingerprint density at radius 3 is 2.57 bits per heavy atom. The Morgan fingerprint density at radius 2 is 2.43 bits per heavy atom. The van der Waals surface area contributed by atoms with Crippen LogP contribution in [-0.2, 0) is 9.84 Å². The first kappa shape index (κ1) is 6.92. The number of ether oxygens (including phenoxy) is 1. The fourth-order valence-electron chi connectivity index (χ4n) is 0.204. The quantitative estimate of drug-likeness (QED) is 0.489. The van der Waals surface area contributed by atoms with E-state index in [1.807, 2.05) is 20.3 Å². The molecular weight excluding hydrogens is 92.1 g/mol. The van der Waals surface area contributed by atoms with Gasteiger partial charge in [-0.1, -0.05) is 6.92 Å². The van der Waals surface area contributed by atoms with Crippen molar-refractivity contribution in [2.45, 2.75) is 20.0 Å². The highest BCUT2D eigenvalue weighted by atomic mass is 16.6. The topological polar surface area (TPSA) is 29.1 Å². The van der Waals surface area contributed by atoms with Crippen LogP contribution >= 0.6 is 0 Å². The average Bonchev–Trinajstić information content (AvgIpc) is 1.68. The van der Waals surface area contributed by atoms with Crippen molar-refractivity contribution in [3.8, 4) is 0 Å². The van der Waals surface area contributed by atoms with Crippen LogP contribution < -0.4 is 0 Å². The highest BCUT2D eigenvalue weighted by Gasteiger charge is 1.93. The Bertz CT molecular complexity index is 37.1. The molecule has 0 spiro atoms. The van der Waals surface area contributed by atoms with Crippen molar-refractivity contribution >= 4 is 0 Å². The summed E-state index contributed by atoms with van der Waals surface area (Å²) >= 11 is 0. The van der Waals surface area contributed by atoms with Crippen molar-refractivity contribution in [2.75, 3.05) is 6.79 Å². The summed E-state index contributed by atoms with van der Waals surface area (Å²) < 4.78 is 4.58. The summed E-state index contributed by atoms with van der Waals surface area (Å²) in [7, 11) is 0. The zero-order valence-electron chi connectivity index (χ0n) is 4.68. The van der Waals surface area contributed by atoms with Crippen LogP contribution in [0.3, 0.4) is 0 Å². The molecule has 1 unspecified atom stereocenters. The van der Waals surface area contributed by atoms with Gasteiger partial charge in [-0.25, -0.2) is 5.11 Å². The molecule has 0 saturated carbocycles. The molecule has 0 N–H and O–H groups in total. The minimum atomic E-state index is -0.439. The lowest BCUT2D eigenvalue weighted by atomic mass is 10.3. The molecule has 1 atom stereocenters.